The highest BCUT2D eigenvalue weighted by Gasteiger charge is 2.20. The fraction of sp³-hybridized carbons (Fsp3) is 0.444. The van der Waals surface area contributed by atoms with Gasteiger partial charge in [-0.15, -0.1) is 11.3 Å². The zero-order valence-electron chi connectivity index (χ0n) is 14.9. The summed E-state index contributed by atoms with van der Waals surface area (Å²) in [4.78, 5) is 21.8. The molecular weight excluding hydrogens is 352 g/mol. The van der Waals surface area contributed by atoms with Crippen LogP contribution in [-0.4, -0.2) is 72.4 Å². The summed E-state index contributed by atoms with van der Waals surface area (Å²) in [6.45, 7) is 4.25. The first-order chi connectivity index (χ1) is 12.7. The number of methoxy groups -OCH3 is 1. The number of piperazine rings is 1. The van der Waals surface area contributed by atoms with Gasteiger partial charge in [-0.05, 0) is 12.1 Å². The number of hydrogen-bond acceptors (Lipinski definition) is 6. The van der Waals surface area contributed by atoms with Gasteiger partial charge in [-0.25, -0.2) is 9.78 Å². The first-order valence-corrected chi connectivity index (χ1v) is 9.47. The molecule has 0 unspecified atom stereocenters. The smallest absolute Gasteiger partial charge is 0.317 e. The molecule has 3 rings (SSSR count). The van der Waals surface area contributed by atoms with Crippen molar-refractivity contribution in [1.29, 1.82) is 0 Å². The number of carbonyl (C=O) groups excluding carboxylic acids is 1. The molecule has 2 N–H and O–H groups in total. The van der Waals surface area contributed by atoms with Crippen molar-refractivity contribution < 1.29 is 14.6 Å². The van der Waals surface area contributed by atoms with Crippen LogP contribution in [0.15, 0.2) is 30.5 Å². The second-order valence-corrected chi connectivity index (χ2v) is 7.16. The Kier molecular flexibility index (Phi) is 6.43. The number of urea groups is 1. The first kappa shape index (κ1) is 18.6. The van der Waals surface area contributed by atoms with Gasteiger partial charge in [0.2, 0.25) is 0 Å². The summed E-state index contributed by atoms with van der Waals surface area (Å²) in [7, 11) is 1.65. The predicted octanol–water partition coefficient (Wildman–Crippen LogP) is 1.64. The van der Waals surface area contributed by atoms with Crippen LogP contribution in [0.3, 0.4) is 0 Å². The zero-order chi connectivity index (χ0) is 18.4. The number of carbonyl (C=O) groups is 1. The lowest BCUT2D eigenvalue weighted by atomic mass is 10.2. The second kappa shape index (κ2) is 8.98. The summed E-state index contributed by atoms with van der Waals surface area (Å²) < 4.78 is 5.38. The summed E-state index contributed by atoms with van der Waals surface area (Å²) in [5.41, 5.74) is 0.956. The van der Waals surface area contributed by atoms with Crippen LogP contribution in [0, 0.1) is 0 Å². The fourth-order valence-electron chi connectivity index (χ4n) is 2.93. The van der Waals surface area contributed by atoms with Gasteiger partial charge in [0.25, 0.3) is 0 Å². The average Bonchev–Trinajstić information content (AvgIpc) is 3.16. The van der Waals surface area contributed by atoms with Crippen molar-refractivity contribution in [3.63, 3.8) is 0 Å². The number of aliphatic hydroxyl groups excluding tert-OH is 1. The number of aliphatic hydroxyl groups is 1. The van der Waals surface area contributed by atoms with Gasteiger partial charge in [-0.1, -0.05) is 12.1 Å². The van der Waals surface area contributed by atoms with E-state index < -0.39 is 0 Å². The Morgan fingerprint density at radius 2 is 2.08 bits per heavy atom. The Morgan fingerprint density at radius 3 is 2.81 bits per heavy atom. The Hall–Kier alpha value is -2.16. The number of β-amino-alcohol motifs (C(OH)–C–C–N with tert-alkyl or cyclic N) is 1. The maximum atomic E-state index is 12.3. The van der Waals surface area contributed by atoms with Gasteiger partial charge < -0.3 is 20.1 Å². The molecule has 1 saturated heterocycles. The van der Waals surface area contributed by atoms with Crippen LogP contribution in [0.1, 0.15) is 4.88 Å². The van der Waals surface area contributed by atoms with Crippen LogP contribution in [0.25, 0.3) is 10.6 Å². The minimum absolute atomic E-state index is 0.0547. The van der Waals surface area contributed by atoms with E-state index in [-0.39, 0.29) is 12.6 Å². The van der Waals surface area contributed by atoms with E-state index in [9.17, 15) is 4.79 Å². The lowest BCUT2D eigenvalue weighted by Crippen LogP contribution is -2.52. The van der Waals surface area contributed by atoms with Gasteiger partial charge in [0.05, 0.1) is 25.8 Å². The van der Waals surface area contributed by atoms with E-state index in [0.29, 0.717) is 26.2 Å². The quantitative estimate of drug-likeness (QED) is 0.801. The standard InChI is InChI=1S/C18H24N4O3S/c1-25-16-5-3-2-4-15(16)17-19-12-14(26-17)13-20-18(24)22-8-6-21(7-9-22)10-11-23/h2-5,12,23H,6-11,13H2,1H3,(H,20,24). The Morgan fingerprint density at radius 1 is 1.31 bits per heavy atom. The third-order valence-corrected chi connectivity index (χ3v) is 5.41. The lowest BCUT2D eigenvalue weighted by Gasteiger charge is -2.34. The van der Waals surface area contributed by atoms with Crippen molar-refractivity contribution in [3.05, 3.63) is 35.3 Å². The van der Waals surface area contributed by atoms with Crippen molar-refractivity contribution >= 4 is 17.4 Å². The average molecular weight is 376 g/mol. The number of rotatable bonds is 6. The molecule has 0 radical (unpaired) electrons. The molecule has 8 heteroatoms. The first-order valence-electron chi connectivity index (χ1n) is 8.65. The minimum atomic E-state index is -0.0547. The number of nitrogens with zero attached hydrogens (tertiary/aromatic N) is 3. The number of hydrogen-bond donors (Lipinski definition) is 2. The molecule has 0 spiro atoms. The molecule has 2 amide bonds. The normalized spacial score (nSPS) is 15.1. The lowest BCUT2D eigenvalue weighted by molar-refractivity contribution is 0.122. The van der Waals surface area contributed by atoms with Crippen LogP contribution >= 0.6 is 11.3 Å². The molecule has 1 aliphatic heterocycles. The molecule has 0 aliphatic carbocycles. The number of benzene rings is 1. The number of amides is 2. The molecule has 0 saturated carbocycles. The molecule has 1 aromatic carbocycles. The second-order valence-electron chi connectivity index (χ2n) is 6.04. The summed E-state index contributed by atoms with van der Waals surface area (Å²) in [5, 5.41) is 12.8. The summed E-state index contributed by atoms with van der Waals surface area (Å²) in [5.74, 6) is 0.790. The minimum Gasteiger partial charge on any atom is -0.496 e. The van der Waals surface area contributed by atoms with E-state index in [1.54, 1.807) is 24.6 Å². The highest BCUT2D eigenvalue weighted by molar-refractivity contribution is 7.15. The van der Waals surface area contributed by atoms with Crippen molar-refractivity contribution in [2.24, 2.45) is 0 Å². The van der Waals surface area contributed by atoms with E-state index in [1.165, 1.54) is 0 Å². The maximum absolute atomic E-state index is 12.3. The Labute approximate surface area is 157 Å². The summed E-state index contributed by atoms with van der Waals surface area (Å²) >= 11 is 1.55. The van der Waals surface area contributed by atoms with Crippen molar-refractivity contribution in [2.75, 3.05) is 46.4 Å². The monoisotopic (exact) mass is 376 g/mol. The van der Waals surface area contributed by atoms with Crippen LogP contribution < -0.4 is 10.1 Å². The van der Waals surface area contributed by atoms with Gasteiger partial charge in [0, 0.05) is 43.8 Å². The molecular formula is C18H24N4O3S. The van der Waals surface area contributed by atoms with Crippen LogP contribution in [0.4, 0.5) is 4.79 Å². The van der Waals surface area contributed by atoms with Crippen LogP contribution in [0.5, 0.6) is 5.75 Å². The van der Waals surface area contributed by atoms with Crippen molar-refractivity contribution in [1.82, 2.24) is 20.1 Å². The summed E-state index contributed by atoms with van der Waals surface area (Å²) in [6.07, 6.45) is 1.80. The van der Waals surface area contributed by atoms with Crippen LogP contribution in [0.2, 0.25) is 0 Å². The van der Waals surface area contributed by atoms with Crippen molar-refractivity contribution in [3.8, 4) is 16.3 Å². The van der Waals surface area contributed by atoms with E-state index in [2.05, 4.69) is 15.2 Å². The fourth-order valence-corrected chi connectivity index (χ4v) is 3.81. The van der Waals surface area contributed by atoms with E-state index in [1.807, 2.05) is 29.2 Å². The van der Waals surface area contributed by atoms with Gasteiger partial charge in [-0.3, -0.25) is 4.90 Å². The largest absolute Gasteiger partial charge is 0.496 e. The van der Waals surface area contributed by atoms with E-state index >= 15 is 0 Å². The zero-order valence-corrected chi connectivity index (χ0v) is 15.7. The maximum Gasteiger partial charge on any atom is 0.317 e. The molecule has 26 heavy (non-hydrogen) atoms. The molecule has 1 aliphatic rings. The van der Waals surface area contributed by atoms with E-state index in [4.69, 9.17) is 9.84 Å². The summed E-state index contributed by atoms with van der Waals surface area (Å²) in [6, 6.07) is 7.72. The topological polar surface area (TPSA) is 77.9 Å². The molecule has 2 aromatic rings. The van der Waals surface area contributed by atoms with Crippen LogP contribution in [-0.2, 0) is 6.54 Å². The highest BCUT2D eigenvalue weighted by atomic mass is 32.1. The number of nitrogens with one attached hydrogen (secondary N) is 1. The van der Waals surface area contributed by atoms with Gasteiger partial charge in [-0.2, -0.15) is 0 Å². The Balaban J connectivity index is 1.53. The molecule has 0 atom stereocenters. The highest BCUT2D eigenvalue weighted by Crippen LogP contribution is 2.32. The van der Waals surface area contributed by atoms with Crippen molar-refractivity contribution in [2.45, 2.75) is 6.54 Å². The molecule has 1 fully saturated rings. The molecule has 1 aromatic heterocycles. The van der Waals surface area contributed by atoms with Gasteiger partial charge in [0.15, 0.2) is 0 Å². The number of aromatic nitrogens is 1. The third kappa shape index (κ3) is 4.51. The van der Waals surface area contributed by atoms with E-state index in [0.717, 1.165) is 34.3 Å². The molecule has 0 bridgehead atoms. The molecule has 7 nitrogen and oxygen atoms in total. The SMILES string of the molecule is COc1ccccc1-c1ncc(CNC(=O)N2CCN(CCO)CC2)s1. The number of ether oxygens (including phenoxy) is 1. The predicted molar refractivity (Wildman–Crippen MR) is 101 cm³/mol. The van der Waals surface area contributed by atoms with Gasteiger partial charge in [0.1, 0.15) is 10.8 Å². The van der Waals surface area contributed by atoms with Gasteiger partial charge >= 0.3 is 6.03 Å². The Bertz CT molecular complexity index is 729. The molecule has 2 heterocycles. The number of para-hydroxylation sites is 1. The number of thiazole rings is 1. The molecule has 140 valence electrons. The third-order valence-electron chi connectivity index (χ3n) is 4.38.